The average Bonchev–Trinajstić information content (AvgIpc) is 2.45. The van der Waals surface area contributed by atoms with E-state index < -0.39 is 11.9 Å². The molecule has 10 rings (SSSR count). The second-order valence-corrected chi connectivity index (χ2v) is 19.9. The fourth-order valence-corrected chi connectivity index (χ4v) is 9.48. The van der Waals surface area contributed by atoms with Gasteiger partial charge in [0.15, 0.2) is 23.1 Å². The zero-order valence-corrected chi connectivity index (χ0v) is 45.4. The SMILES string of the molecule is C=C(C)C(=O)OCCc1ccc(Nc2cc(Nc3ccc(CCOC(=O)C(=C)C)cc3)c3c(c2)C(=O)c2ccccc2C3=O)cc1.O=C1c2ccccc2C(=O)c2c(Nc3ccc(CCO)cc3)cc(Nc3ccc(CCO)cc3)cc21. The second-order valence-electron chi connectivity index (χ2n) is 19.9. The number of hydrogen-bond acceptors (Lipinski definition) is 14. The van der Waals surface area contributed by atoms with E-state index in [4.69, 9.17) is 14.6 Å². The molecule has 0 saturated heterocycles. The van der Waals surface area contributed by atoms with Crippen LogP contribution in [-0.2, 0) is 44.7 Å². The first-order valence-corrected chi connectivity index (χ1v) is 26.7. The molecule has 0 saturated carbocycles. The summed E-state index contributed by atoms with van der Waals surface area (Å²) in [6.45, 7) is 11.0. The Morgan fingerprint density at radius 2 is 0.671 bits per heavy atom. The lowest BCUT2D eigenvalue weighted by molar-refractivity contribution is -0.139. The van der Waals surface area contributed by atoms with Crippen molar-refractivity contribution in [2.75, 3.05) is 47.7 Å². The number of carbonyl (C=O) groups is 6. The highest BCUT2D eigenvalue weighted by Crippen LogP contribution is 2.39. The summed E-state index contributed by atoms with van der Waals surface area (Å²) in [5.74, 6) is -1.68. The molecule has 2 aliphatic carbocycles. The van der Waals surface area contributed by atoms with Gasteiger partial charge in [0.2, 0.25) is 0 Å². The van der Waals surface area contributed by atoms with Crippen LogP contribution < -0.4 is 21.3 Å². The number of ether oxygens (including phenoxy) is 2. The van der Waals surface area contributed by atoms with Gasteiger partial charge in [-0.25, -0.2) is 9.59 Å². The lowest BCUT2D eigenvalue weighted by Crippen LogP contribution is -2.22. The van der Waals surface area contributed by atoms with Crippen LogP contribution in [0, 0.1) is 0 Å². The molecule has 82 heavy (non-hydrogen) atoms. The Bertz CT molecular complexity index is 3770. The zero-order chi connectivity index (χ0) is 57.9. The van der Waals surface area contributed by atoms with Crippen LogP contribution in [0.25, 0.3) is 0 Å². The monoisotopic (exact) mass is 1090 g/mol. The molecule has 0 amide bonds. The van der Waals surface area contributed by atoms with Gasteiger partial charge in [-0.1, -0.05) is 110 Å². The number of fused-ring (bicyclic) bond motifs is 4. The minimum Gasteiger partial charge on any atom is -0.462 e. The maximum Gasteiger partial charge on any atom is 0.333 e. The third-order valence-electron chi connectivity index (χ3n) is 13.7. The number of aliphatic hydroxyl groups is 2. The molecule has 0 unspecified atom stereocenters. The highest BCUT2D eigenvalue weighted by molar-refractivity contribution is 6.31. The first-order chi connectivity index (χ1) is 39.7. The summed E-state index contributed by atoms with van der Waals surface area (Å²) >= 11 is 0. The fourth-order valence-electron chi connectivity index (χ4n) is 9.48. The van der Waals surface area contributed by atoms with Crippen molar-refractivity contribution in [2.24, 2.45) is 0 Å². The van der Waals surface area contributed by atoms with Gasteiger partial charge < -0.3 is 41.0 Å². The molecule has 0 spiro atoms. The minimum atomic E-state index is -0.421. The first kappa shape index (κ1) is 56.7. The van der Waals surface area contributed by atoms with E-state index in [0.29, 0.717) is 104 Å². The fraction of sp³-hybridized carbons (Fsp3) is 0.147. The van der Waals surface area contributed by atoms with Crippen molar-refractivity contribution in [3.05, 3.63) is 261 Å². The van der Waals surface area contributed by atoms with Crippen LogP contribution in [0.1, 0.15) is 99.8 Å². The van der Waals surface area contributed by atoms with Crippen molar-refractivity contribution in [1.29, 1.82) is 0 Å². The van der Waals surface area contributed by atoms with Gasteiger partial charge in [-0.3, -0.25) is 19.2 Å². The standard InChI is InChI=1S/C38H34N2O6.C30H26N2O4/c1-23(2)37(43)45-19-17-25-9-13-27(14-10-25)39-29-21-32-34(36(42)31-8-6-5-7-30(31)35(32)41)33(22-29)40-28-15-11-26(12-16-28)18-20-46-38(44)24(3)4;33-15-13-19-5-9-21(10-6-19)31-23-17-26-28(30(36)25-4-2-1-3-24(25)29(26)35)27(18-23)32-22-11-7-20(8-12-22)14-16-34/h5-16,21-22,39-40H,1,3,17-20H2,2,4H3;1-12,17-18,31-34H,13-16H2. The molecule has 0 aromatic heterocycles. The molecule has 14 heteroatoms. The molecular formula is C68H60N4O10. The normalized spacial score (nSPS) is 11.9. The number of nitrogens with one attached hydrogen (secondary N) is 4. The Labute approximate surface area is 475 Å². The molecule has 0 radical (unpaired) electrons. The Morgan fingerprint density at radius 3 is 0.976 bits per heavy atom. The summed E-state index contributed by atoms with van der Waals surface area (Å²) in [4.78, 5) is 77.6. The van der Waals surface area contributed by atoms with Gasteiger partial charge in [-0.05, 0) is 122 Å². The third kappa shape index (κ3) is 13.3. The average molecular weight is 1090 g/mol. The van der Waals surface area contributed by atoms with Gasteiger partial charge in [0.25, 0.3) is 0 Å². The topological polar surface area (TPSA) is 209 Å². The van der Waals surface area contributed by atoms with Crippen LogP contribution in [0.5, 0.6) is 0 Å². The van der Waals surface area contributed by atoms with E-state index in [9.17, 15) is 33.9 Å². The number of hydrogen-bond donors (Lipinski definition) is 6. The van der Waals surface area contributed by atoms with Crippen molar-refractivity contribution in [2.45, 2.75) is 39.5 Å². The number of carbonyl (C=O) groups excluding carboxylic acids is 6. The second kappa shape index (κ2) is 25.8. The Morgan fingerprint density at radius 1 is 0.378 bits per heavy atom. The number of aliphatic hydroxyl groups excluding tert-OH is 2. The molecule has 2 aliphatic rings. The predicted molar refractivity (Wildman–Crippen MR) is 319 cm³/mol. The van der Waals surface area contributed by atoms with E-state index in [1.807, 2.05) is 109 Å². The number of esters is 2. The largest absolute Gasteiger partial charge is 0.462 e. The number of benzene rings is 8. The molecule has 0 atom stereocenters. The Kier molecular flexibility index (Phi) is 17.9. The molecule has 6 N–H and O–H groups in total. The maximum atomic E-state index is 13.7. The minimum absolute atomic E-state index is 0.0744. The van der Waals surface area contributed by atoms with E-state index in [2.05, 4.69) is 34.4 Å². The van der Waals surface area contributed by atoms with Crippen LogP contribution in [0.15, 0.2) is 194 Å². The third-order valence-corrected chi connectivity index (χ3v) is 13.7. The molecule has 8 aromatic carbocycles. The van der Waals surface area contributed by atoms with Gasteiger partial charge in [-0.2, -0.15) is 0 Å². The Balaban J connectivity index is 0.000000203. The molecular weight excluding hydrogens is 1030 g/mol. The summed E-state index contributed by atoms with van der Waals surface area (Å²) in [5, 5.41) is 31.7. The van der Waals surface area contributed by atoms with Crippen molar-refractivity contribution in [3.63, 3.8) is 0 Å². The summed E-state index contributed by atoms with van der Waals surface area (Å²) < 4.78 is 10.4. The van der Waals surface area contributed by atoms with Gasteiger partial charge in [0.05, 0.1) is 35.7 Å². The molecule has 0 heterocycles. The molecule has 412 valence electrons. The van der Waals surface area contributed by atoms with Crippen molar-refractivity contribution >= 4 is 80.6 Å². The van der Waals surface area contributed by atoms with E-state index in [1.165, 1.54) is 0 Å². The summed E-state index contributed by atoms with van der Waals surface area (Å²) in [6.07, 6.45) is 2.24. The number of anilines is 8. The molecule has 14 nitrogen and oxygen atoms in total. The quantitative estimate of drug-likeness (QED) is 0.0310. The lowest BCUT2D eigenvalue weighted by Gasteiger charge is -2.22. The van der Waals surface area contributed by atoms with Crippen LogP contribution in [0.4, 0.5) is 45.5 Å². The number of rotatable bonds is 20. The first-order valence-electron chi connectivity index (χ1n) is 26.7. The summed E-state index contributed by atoms with van der Waals surface area (Å²) in [5.41, 5.74) is 13.0. The number of ketones is 4. The smallest absolute Gasteiger partial charge is 0.333 e. The Hall–Kier alpha value is -10.0. The van der Waals surface area contributed by atoms with Gasteiger partial charge in [0, 0.05) is 105 Å². The maximum absolute atomic E-state index is 13.7. The van der Waals surface area contributed by atoms with Crippen molar-refractivity contribution < 1.29 is 48.5 Å². The summed E-state index contributed by atoms with van der Waals surface area (Å²) in [6, 6.07) is 51.4. The zero-order valence-electron chi connectivity index (χ0n) is 45.4. The van der Waals surface area contributed by atoms with Gasteiger partial charge >= 0.3 is 11.9 Å². The van der Waals surface area contributed by atoms with E-state index >= 15 is 0 Å². The van der Waals surface area contributed by atoms with Crippen molar-refractivity contribution in [3.8, 4) is 0 Å². The summed E-state index contributed by atoms with van der Waals surface area (Å²) in [7, 11) is 0. The predicted octanol–water partition coefficient (Wildman–Crippen LogP) is 12.3. The molecule has 0 bridgehead atoms. The van der Waals surface area contributed by atoms with Crippen LogP contribution in [0.2, 0.25) is 0 Å². The highest BCUT2D eigenvalue weighted by Gasteiger charge is 2.34. The van der Waals surface area contributed by atoms with Crippen LogP contribution >= 0.6 is 0 Å². The van der Waals surface area contributed by atoms with E-state index in [1.54, 1.807) is 74.5 Å². The van der Waals surface area contributed by atoms with Crippen molar-refractivity contribution in [1.82, 2.24) is 0 Å². The van der Waals surface area contributed by atoms with E-state index in [-0.39, 0.29) is 49.6 Å². The van der Waals surface area contributed by atoms with E-state index in [0.717, 1.165) is 45.0 Å². The molecule has 0 aliphatic heterocycles. The van der Waals surface area contributed by atoms with Gasteiger partial charge in [-0.15, -0.1) is 0 Å². The van der Waals surface area contributed by atoms with Gasteiger partial charge in [0.1, 0.15) is 0 Å². The highest BCUT2D eigenvalue weighted by atomic mass is 16.5. The molecule has 0 fully saturated rings. The lowest BCUT2D eigenvalue weighted by atomic mass is 9.83. The van der Waals surface area contributed by atoms with Crippen LogP contribution in [-0.4, -0.2) is 71.7 Å². The van der Waals surface area contributed by atoms with Crippen LogP contribution in [0.3, 0.4) is 0 Å². The molecule has 8 aromatic rings.